The minimum Gasteiger partial charge on any atom is -0.478 e. The fourth-order valence-corrected chi connectivity index (χ4v) is 6.35. The van der Waals surface area contributed by atoms with Gasteiger partial charge in [0.2, 0.25) is 0 Å². The van der Waals surface area contributed by atoms with Gasteiger partial charge in [0.05, 0.1) is 22.0 Å². The summed E-state index contributed by atoms with van der Waals surface area (Å²) >= 11 is 12.4. The van der Waals surface area contributed by atoms with Gasteiger partial charge in [-0.1, -0.05) is 59.6 Å². The van der Waals surface area contributed by atoms with Crippen molar-refractivity contribution in [2.75, 3.05) is 5.73 Å². The minimum absolute atomic E-state index is 0.133. The van der Waals surface area contributed by atoms with Crippen molar-refractivity contribution in [2.24, 2.45) is 0 Å². The van der Waals surface area contributed by atoms with Crippen LogP contribution >= 0.6 is 23.2 Å². The molecule has 238 valence electrons. The summed E-state index contributed by atoms with van der Waals surface area (Å²) in [5.74, 6) is -1.34. The van der Waals surface area contributed by atoms with Crippen LogP contribution in [0.25, 0.3) is 22.4 Å². The van der Waals surface area contributed by atoms with Crippen LogP contribution in [0, 0.1) is 0 Å². The van der Waals surface area contributed by atoms with Gasteiger partial charge < -0.3 is 20.1 Å². The summed E-state index contributed by atoms with van der Waals surface area (Å²) in [6.45, 7) is 2.74. The molecule has 0 atom stereocenters. The normalized spacial score (nSPS) is 11.9. The van der Waals surface area contributed by atoms with Gasteiger partial charge in [0, 0.05) is 29.7 Å². The van der Waals surface area contributed by atoms with E-state index < -0.39 is 43.2 Å². The summed E-state index contributed by atoms with van der Waals surface area (Å²) in [6.07, 6.45) is 2.52. The summed E-state index contributed by atoms with van der Waals surface area (Å²) in [4.78, 5) is 14.7. The average molecular weight is 691 g/mol. The number of benzene rings is 4. The highest BCUT2D eigenvalue weighted by molar-refractivity contribution is 7.92. The Morgan fingerprint density at radius 2 is 1.61 bits per heavy atom. The van der Waals surface area contributed by atoms with E-state index in [0.717, 1.165) is 46.4 Å². The fourth-order valence-electron chi connectivity index (χ4n) is 4.78. The number of imidazole rings is 1. The number of nitrogens with zero attached hydrogens (tertiary/aromatic N) is 2. The number of rotatable bonds is 9. The maximum Gasteiger partial charge on any atom is 0.502 e. The van der Waals surface area contributed by atoms with Gasteiger partial charge in [-0.3, -0.25) is 0 Å². The lowest BCUT2D eigenvalue weighted by atomic mass is 10.0. The van der Waals surface area contributed by atoms with Crippen molar-refractivity contribution < 1.29 is 36.2 Å². The van der Waals surface area contributed by atoms with Crippen LogP contribution in [0.15, 0.2) is 90.0 Å². The lowest BCUT2D eigenvalue weighted by Crippen LogP contribution is -2.26. The number of aromatic carboxylic acids is 1. The first-order valence-electron chi connectivity index (χ1n) is 13.6. The molecule has 0 aliphatic heterocycles. The standard InChI is InChI=1S/C32H24Cl2F3N3O5S/c1-2-40-17-26(23-12-9-21(33)16-25(23)34)39-28(40)15-18-3-5-19(6-4-18)20-7-10-22(11-8-20)45-27-14-13-24(31(41)42)30(29(27)38)46(43,44)32(35,36)37/h3-14,16-17H,2,15,38H2,1H3,(H,41,42). The third kappa shape index (κ3) is 6.55. The molecule has 0 fully saturated rings. The second kappa shape index (κ2) is 12.7. The number of ether oxygens (including phenoxy) is 1. The van der Waals surface area contributed by atoms with Crippen LogP contribution in [0.3, 0.4) is 0 Å². The van der Waals surface area contributed by atoms with Crippen molar-refractivity contribution in [3.05, 3.63) is 112 Å². The minimum atomic E-state index is -6.08. The average Bonchev–Trinajstić information content (AvgIpc) is 3.40. The number of sulfone groups is 1. The molecule has 46 heavy (non-hydrogen) atoms. The van der Waals surface area contributed by atoms with E-state index in [1.807, 2.05) is 43.5 Å². The van der Waals surface area contributed by atoms with Crippen LogP contribution in [0.2, 0.25) is 10.0 Å². The zero-order chi connectivity index (χ0) is 33.4. The van der Waals surface area contributed by atoms with E-state index >= 15 is 0 Å². The lowest BCUT2D eigenvalue weighted by Gasteiger charge is -2.16. The third-order valence-corrected chi connectivity index (χ3v) is 9.23. The first-order valence-corrected chi connectivity index (χ1v) is 15.8. The summed E-state index contributed by atoms with van der Waals surface area (Å²) in [5, 5.41) is 10.3. The molecule has 0 saturated heterocycles. The Morgan fingerprint density at radius 3 is 2.17 bits per heavy atom. The van der Waals surface area contributed by atoms with E-state index in [1.165, 1.54) is 12.1 Å². The molecule has 8 nitrogen and oxygen atoms in total. The Morgan fingerprint density at radius 1 is 0.978 bits per heavy atom. The van der Waals surface area contributed by atoms with Crippen LogP contribution in [0.5, 0.6) is 11.5 Å². The SMILES string of the molecule is CCn1cc(-c2ccc(Cl)cc2Cl)nc1Cc1ccc(-c2ccc(Oc3ccc(C(=O)O)c(S(=O)(=O)C(F)(F)F)c3N)cc2)cc1. The zero-order valence-corrected chi connectivity index (χ0v) is 26.2. The first-order chi connectivity index (χ1) is 21.7. The van der Waals surface area contributed by atoms with Crippen molar-refractivity contribution in [3.8, 4) is 33.9 Å². The molecule has 0 aliphatic carbocycles. The zero-order valence-electron chi connectivity index (χ0n) is 23.8. The monoisotopic (exact) mass is 689 g/mol. The van der Waals surface area contributed by atoms with Crippen molar-refractivity contribution in [1.82, 2.24) is 9.55 Å². The van der Waals surface area contributed by atoms with E-state index in [0.29, 0.717) is 22.5 Å². The van der Waals surface area contributed by atoms with Crippen LogP contribution in [0.1, 0.15) is 28.7 Å². The Balaban J connectivity index is 1.34. The number of nitrogen functional groups attached to an aromatic ring is 1. The van der Waals surface area contributed by atoms with Crippen molar-refractivity contribution in [2.45, 2.75) is 30.3 Å². The molecular weight excluding hydrogens is 666 g/mol. The number of anilines is 1. The molecule has 0 saturated carbocycles. The highest BCUT2D eigenvalue weighted by atomic mass is 35.5. The molecule has 0 aliphatic rings. The molecule has 3 N–H and O–H groups in total. The van der Waals surface area contributed by atoms with Gasteiger partial charge in [-0.25, -0.2) is 18.2 Å². The number of alkyl halides is 3. The summed E-state index contributed by atoms with van der Waals surface area (Å²) in [7, 11) is -6.08. The van der Waals surface area contributed by atoms with Crippen molar-refractivity contribution >= 4 is 44.7 Å². The molecule has 0 bridgehead atoms. The predicted molar refractivity (Wildman–Crippen MR) is 169 cm³/mol. The number of hydrogen-bond donors (Lipinski definition) is 2. The van der Waals surface area contributed by atoms with E-state index in [1.54, 1.807) is 24.3 Å². The molecule has 4 aromatic carbocycles. The Hall–Kier alpha value is -4.52. The molecule has 0 amide bonds. The number of aryl methyl sites for hydroxylation is 1. The van der Waals surface area contributed by atoms with Gasteiger partial charge in [0.15, 0.2) is 5.75 Å². The maximum atomic E-state index is 13.3. The largest absolute Gasteiger partial charge is 0.502 e. The smallest absolute Gasteiger partial charge is 0.478 e. The number of halogens is 5. The fraction of sp³-hybridized carbons (Fsp3) is 0.125. The molecule has 0 spiro atoms. The molecular formula is C32H24Cl2F3N3O5S. The van der Waals surface area contributed by atoms with Crippen LogP contribution in [-0.2, 0) is 22.8 Å². The Labute approximate surface area is 271 Å². The maximum absolute atomic E-state index is 13.3. The molecule has 1 aromatic heterocycles. The highest BCUT2D eigenvalue weighted by Crippen LogP contribution is 2.41. The molecule has 5 rings (SSSR count). The highest BCUT2D eigenvalue weighted by Gasteiger charge is 2.50. The van der Waals surface area contributed by atoms with E-state index in [4.69, 9.17) is 38.7 Å². The Bertz CT molecular complexity index is 2050. The number of carboxylic acid groups (broad SMARTS) is 1. The molecule has 1 heterocycles. The predicted octanol–water partition coefficient (Wildman–Crippen LogP) is 8.50. The first kappa shape index (κ1) is 32.9. The van der Waals surface area contributed by atoms with E-state index in [9.17, 15) is 31.5 Å². The van der Waals surface area contributed by atoms with Gasteiger partial charge in [0.1, 0.15) is 16.5 Å². The topological polar surface area (TPSA) is 125 Å². The summed E-state index contributed by atoms with van der Waals surface area (Å²) < 4.78 is 71.7. The molecule has 0 unspecified atom stereocenters. The number of hydrogen-bond acceptors (Lipinski definition) is 6. The van der Waals surface area contributed by atoms with Gasteiger partial charge in [-0.05, 0) is 66.1 Å². The quantitative estimate of drug-likeness (QED) is 0.149. The van der Waals surface area contributed by atoms with Gasteiger partial charge in [0.25, 0.3) is 9.84 Å². The van der Waals surface area contributed by atoms with Crippen LogP contribution in [0.4, 0.5) is 18.9 Å². The number of nitrogens with two attached hydrogens (primary N) is 1. The van der Waals surface area contributed by atoms with E-state index in [2.05, 4.69) is 4.57 Å². The van der Waals surface area contributed by atoms with Crippen LogP contribution < -0.4 is 10.5 Å². The number of carboxylic acids is 1. The molecule has 14 heteroatoms. The van der Waals surface area contributed by atoms with E-state index in [-0.39, 0.29) is 5.75 Å². The van der Waals surface area contributed by atoms with Gasteiger partial charge in [-0.15, -0.1) is 0 Å². The summed E-state index contributed by atoms with van der Waals surface area (Å²) in [6, 6.07) is 21.2. The van der Waals surface area contributed by atoms with Crippen molar-refractivity contribution in [1.29, 1.82) is 0 Å². The summed E-state index contributed by atoms with van der Waals surface area (Å²) in [5.41, 5.74) is 2.07. The molecule has 5 aromatic rings. The van der Waals surface area contributed by atoms with Crippen LogP contribution in [-0.4, -0.2) is 34.6 Å². The molecule has 0 radical (unpaired) electrons. The Kier molecular flexibility index (Phi) is 9.07. The number of aromatic nitrogens is 2. The third-order valence-electron chi connectivity index (χ3n) is 7.10. The second-order valence-corrected chi connectivity index (χ2v) is 12.8. The number of carbonyl (C=O) groups is 1. The lowest BCUT2D eigenvalue weighted by molar-refractivity contribution is -0.0435. The van der Waals surface area contributed by atoms with Crippen molar-refractivity contribution in [3.63, 3.8) is 0 Å². The van der Waals surface area contributed by atoms with Gasteiger partial charge >= 0.3 is 11.5 Å². The second-order valence-electron chi connectivity index (χ2n) is 10.1. The van der Waals surface area contributed by atoms with Gasteiger partial charge in [-0.2, -0.15) is 13.2 Å².